The third kappa shape index (κ3) is 6.92. The fourth-order valence-corrected chi connectivity index (χ4v) is 5.99. The minimum Gasteiger partial charge on any atom is -0.464 e. The van der Waals surface area contributed by atoms with Gasteiger partial charge in [0.1, 0.15) is 17.9 Å². The third-order valence-electron chi connectivity index (χ3n) is 8.72. The molecule has 0 unspecified atom stereocenters. The number of amides is 1. The summed E-state index contributed by atoms with van der Waals surface area (Å²) in [7, 11) is 1.49. The van der Waals surface area contributed by atoms with Crippen LogP contribution in [0.3, 0.4) is 0 Å². The molecule has 1 aliphatic heterocycles. The van der Waals surface area contributed by atoms with Crippen molar-refractivity contribution in [3.63, 3.8) is 0 Å². The summed E-state index contributed by atoms with van der Waals surface area (Å²) in [6, 6.07) is 3.30. The van der Waals surface area contributed by atoms with E-state index in [1.807, 2.05) is 0 Å². The van der Waals surface area contributed by atoms with Crippen LogP contribution in [0.25, 0.3) is 16.6 Å². The number of nitrogens with one attached hydrogen (secondary N) is 1. The van der Waals surface area contributed by atoms with E-state index < -0.39 is 59.4 Å². The number of nitrogen functional groups attached to an aromatic ring is 1. The number of rotatable bonds is 9. The zero-order valence-electron chi connectivity index (χ0n) is 27.8. The standard InChI is InChI=1S/C34H36F4N6O6/c1-5-11-50-32(47)24(41-30(45)28-18(2)13-21(15-23(28)35)43-10-12-49-17-27(43)34(36,37)38)14-20-6-7-25(29(39)19(20)3)44-31(46)22-8-9-40-16-26(22)42(4)33(44)48/h6-9,13,15-16,24,27H,5,10-12,14,17,39H2,1-4H3,(H,41,45)/t24-,27+/m0/s1. The summed E-state index contributed by atoms with van der Waals surface area (Å²) in [5.41, 5.74) is 6.11. The van der Waals surface area contributed by atoms with Crippen molar-refractivity contribution in [2.24, 2.45) is 7.05 Å². The van der Waals surface area contributed by atoms with Gasteiger partial charge in [-0.1, -0.05) is 13.0 Å². The van der Waals surface area contributed by atoms with E-state index in [2.05, 4.69) is 10.3 Å². The van der Waals surface area contributed by atoms with Crippen molar-refractivity contribution in [2.45, 2.75) is 51.9 Å². The molecule has 1 saturated heterocycles. The zero-order valence-corrected chi connectivity index (χ0v) is 27.8. The first kappa shape index (κ1) is 36.0. The van der Waals surface area contributed by atoms with Gasteiger partial charge >= 0.3 is 17.8 Å². The van der Waals surface area contributed by atoms with Gasteiger partial charge in [-0.25, -0.2) is 18.5 Å². The summed E-state index contributed by atoms with van der Waals surface area (Å²) in [4.78, 5) is 58.3. The molecule has 3 heterocycles. The van der Waals surface area contributed by atoms with Crippen LogP contribution in [0.2, 0.25) is 0 Å². The molecule has 0 aliphatic carbocycles. The molecule has 2 aromatic heterocycles. The van der Waals surface area contributed by atoms with E-state index in [-0.39, 0.29) is 54.2 Å². The zero-order chi connectivity index (χ0) is 36.5. The summed E-state index contributed by atoms with van der Waals surface area (Å²) < 4.78 is 69.1. The van der Waals surface area contributed by atoms with Crippen LogP contribution in [0.4, 0.5) is 28.9 Å². The Labute approximate surface area is 283 Å². The van der Waals surface area contributed by atoms with Crippen LogP contribution in [0.15, 0.2) is 52.3 Å². The first-order valence-corrected chi connectivity index (χ1v) is 15.8. The van der Waals surface area contributed by atoms with Crippen molar-refractivity contribution >= 4 is 34.2 Å². The molecular weight excluding hydrogens is 664 g/mol. The van der Waals surface area contributed by atoms with Crippen LogP contribution in [0, 0.1) is 19.7 Å². The van der Waals surface area contributed by atoms with Gasteiger partial charge in [-0.3, -0.25) is 19.1 Å². The lowest BCUT2D eigenvalue weighted by Crippen LogP contribution is -2.53. The molecule has 12 nitrogen and oxygen atoms in total. The van der Waals surface area contributed by atoms with Gasteiger partial charge in [0, 0.05) is 31.9 Å². The van der Waals surface area contributed by atoms with E-state index >= 15 is 4.39 Å². The van der Waals surface area contributed by atoms with Crippen LogP contribution in [0.1, 0.15) is 40.4 Å². The van der Waals surface area contributed by atoms with Gasteiger partial charge in [-0.15, -0.1) is 0 Å². The number of aromatic nitrogens is 3. The lowest BCUT2D eigenvalue weighted by Gasteiger charge is -2.38. The predicted molar refractivity (Wildman–Crippen MR) is 177 cm³/mol. The second kappa shape index (κ2) is 14.3. The second-order valence-corrected chi connectivity index (χ2v) is 12.0. The maximum absolute atomic E-state index is 15.5. The number of alkyl halides is 3. The van der Waals surface area contributed by atoms with E-state index in [0.717, 1.165) is 15.5 Å². The highest BCUT2D eigenvalue weighted by Gasteiger charge is 2.45. The topological polar surface area (TPSA) is 151 Å². The second-order valence-electron chi connectivity index (χ2n) is 12.0. The van der Waals surface area contributed by atoms with Crippen molar-refractivity contribution in [2.75, 3.05) is 37.0 Å². The number of morpholine rings is 1. The molecule has 2 aromatic carbocycles. The lowest BCUT2D eigenvalue weighted by atomic mass is 9.97. The average molecular weight is 701 g/mol. The predicted octanol–water partition coefficient (Wildman–Crippen LogP) is 3.48. The Hall–Kier alpha value is -5.25. The highest BCUT2D eigenvalue weighted by atomic mass is 19.4. The Kier molecular flexibility index (Phi) is 10.3. The SMILES string of the molecule is CCCOC(=O)[C@H](Cc1ccc(-n2c(=O)c3ccncc3n(C)c2=O)c(N)c1C)NC(=O)c1c(C)cc(N2CCOC[C@@H]2C(F)(F)F)cc1F. The maximum Gasteiger partial charge on any atom is 0.411 e. The molecule has 0 spiro atoms. The van der Waals surface area contributed by atoms with Crippen molar-refractivity contribution < 1.29 is 36.6 Å². The Morgan fingerprint density at radius 3 is 2.60 bits per heavy atom. The van der Waals surface area contributed by atoms with Gasteiger partial charge in [0.05, 0.1) is 53.9 Å². The molecule has 1 fully saturated rings. The van der Waals surface area contributed by atoms with Crippen molar-refractivity contribution in [3.05, 3.63) is 91.6 Å². The molecule has 266 valence electrons. The Balaban J connectivity index is 1.46. The van der Waals surface area contributed by atoms with Gasteiger partial charge in [0.25, 0.3) is 11.5 Å². The number of hydrogen-bond donors (Lipinski definition) is 2. The summed E-state index contributed by atoms with van der Waals surface area (Å²) >= 11 is 0. The van der Waals surface area contributed by atoms with Crippen LogP contribution in [0.5, 0.6) is 0 Å². The van der Waals surface area contributed by atoms with Crippen molar-refractivity contribution in [1.29, 1.82) is 0 Å². The number of nitrogens with two attached hydrogens (primary N) is 1. The first-order valence-electron chi connectivity index (χ1n) is 15.8. The Morgan fingerprint density at radius 1 is 1.18 bits per heavy atom. The number of fused-ring (bicyclic) bond motifs is 1. The maximum atomic E-state index is 15.5. The normalized spacial score (nSPS) is 15.6. The van der Waals surface area contributed by atoms with Crippen molar-refractivity contribution in [1.82, 2.24) is 19.4 Å². The number of halogens is 4. The average Bonchev–Trinajstić information content (AvgIpc) is 3.08. The van der Waals surface area contributed by atoms with Gasteiger partial charge in [0.2, 0.25) is 0 Å². The smallest absolute Gasteiger partial charge is 0.411 e. The molecule has 4 aromatic rings. The number of carbonyl (C=O) groups is 2. The minimum atomic E-state index is -4.63. The number of carbonyl (C=O) groups excluding carboxylic acids is 2. The van der Waals surface area contributed by atoms with Gasteiger partial charge in [0.15, 0.2) is 0 Å². The van der Waals surface area contributed by atoms with Crippen LogP contribution < -0.4 is 27.2 Å². The number of hydrogen-bond acceptors (Lipinski definition) is 9. The molecule has 16 heteroatoms. The Morgan fingerprint density at radius 2 is 1.92 bits per heavy atom. The van der Waals surface area contributed by atoms with Crippen LogP contribution >= 0.6 is 0 Å². The van der Waals surface area contributed by atoms with E-state index in [0.29, 0.717) is 23.1 Å². The summed E-state index contributed by atoms with van der Waals surface area (Å²) in [5, 5.41) is 2.76. The fraction of sp³-hybridized carbons (Fsp3) is 0.382. The molecule has 0 radical (unpaired) electrons. The lowest BCUT2D eigenvalue weighted by molar-refractivity contribution is -0.167. The van der Waals surface area contributed by atoms with E-state index in [4.69, 9.17) is 15.2 Å². The highest BCUT2D eigenvalue weighted by Crippen LogP contribution is 2.33. The Bertz CT molecular complexity index is 2060. The molecule has 1 amide bonds. The van der Waals surface area contributed by atoms with E-state index in [1.165, 1.54) is 49.1 Å². The van der Waals surface area contributed by atoms with E-state index in [1.54, 1.807) is 19.9 Å². The van der Waals surface area contributed by atoms with Crippen LogP contribution in [-0.4, -0.2) is 70.6 Å². The number of anilines is 2. The monoisotopic (exact) mass is 700 g/mol. The molecule has 1 aliphatic rings. The number of benzene rings is 2. The van der Waals surface area contributed by atoms with Crippen molar-refractivity contribution in [3.8, 4) is 5.69 Å². The number of aryl methyl sites for hydroxylation is 2. The first-order chi connectivity index (χ1) is 23.6. The number of esters is 1. The van der Waals surface area contributed by atoms with Crippen LogP contribution in [-0.2, 0) is 27.7 Å². The molecule has 0 bridgehead atoms. The molecule has 3 N–H and O–H groups in total. The molecule has 0 saturated carbocycles. The number of nitrogens with zero attached hydrogens (tertiary/aromatic N) is 4. The molecule has 2 atom stereocenters. The fourth-order valence-electron chi connectivity index (χ4n) is 5.99. The summed E-state index contributed by atoms with van der Waals surface area (Å²) in [5.74, 6) is -2.87. The quantitative estimate of drug-likeness (QED) is 0.152. The molecule has 50 heavy (non-hydrogen) atoms. The summed E-state index contributed by atoms with van der Waals surface area (Å²) in [6.45, 7) is 4.07. The van der Waals surface area contributed by atoms with Gasteiger partial charge in [-0.05, 0) is 61.2 Å². The minimum absolute atomic E-state index is 0.00924. The molecule has 5 rings (SSSR count). The van der Waals surface area contributed by atoms with Gasteiger partial charge in [-0.2, -0.15) is 13.2 Å². The number of ether oxygens (including phenoxy) is 2. The van der Waals surface area contributed by atoms with E-state index in [9.17, 15) is 32.3 Å². The number of pyridine rings is 1. The largest absolute Gasteiger partial charge is 0.464 e. The summed E-state index contributed by atoms with van der Waals surface area (Å²) in [6.07, 6.45) is -1.49. The van der Waals surface area contributed by atoms with Gasteiger partial charge < -0.3 is 25.4 Å². The highest BCUT2D eigenvalue weighted by molar-refractivity contribution is 5.98. The molecular formula is C34H36F4N6O6. The third-order valence-corrected chi connectivity index (χ3v) is 8.72.